The first-order valence-corrected chi connectivity index (χ1v) is 6.03. The van der Waals surface area contributed by atoms with Crippen molar-refractivity contribution in [3.8, 4) is 0 Å². The van der Waals surface area contributed by atoms with Crippen LogP contribution in [0.3, 0.4) is 0 Å². The number of nitro benzene ring substituents is 1. The van der Waals surface area contributed by atoms with Gasteiger partial charge in [0, 0.05) is 12.1 Å². The van der Waals surface area contributed by atoms with Gasteiger partial charge in [0.15, 0.2) is 0 Å². The van der Waals surface area contributed by atoms with E-state index in [0.717, 1.165) is 31.0 Å². The number of nitrogens with one attached hydrogen (secondary N) is 1. The summed E-state index contributed by atoms with van der Waals surface area (Å²) in [6.07, 6.45) is 2.09. The first-order chi connectivity index (χ1) is 8.09. The topological polar surface area (TPSA) is 55.2 Å². The summed E-state index contributed by atoms with van der Waals surface area (Å²) in [6.45, 7) is 6.37. The zero-order chi connectivity index (χ0) is 12.7. The maximum Gasteiger partial charge on any atom is 0.269 e. The maximum atomic E-state index is 10.5. The minimum atomic E-state index is -0.370. The second kappa shape index (κ2) is 7.01. The fourth-order valence-corrected chi connectivity index (χ4v) is 1.53. The monoisotopic (exact) mass is 236 g/mol. The molecule has 0 heterocycles. The van der Waals surface area contributed by atoms with Gasteiger partial charge in [0.1, 0.15) is 0 Å². The van der Waals surface area contributed by atoms with E-state index in [1.54, 1.807) is 12.1 Å². The number of hydrogen-bond donors (Lipinski definition) is 1. The maximum absolute atomic E-state index is 10.5. The molecule has 1 rings (SSSR count). The van der Waals surface area contributed by atoms with E-state index in [2.05, 4.69) is 19.2 Å². The third-order valence-electron chi connectivity index (χ3n) is 2.64. The van der Waals surface area contributed by atoms with Crippen molar-refractivity contribution in [2.75, 3.05) is 13.1 Å². The van der Waals surface area contributed by atoms with E-state index >= 15 is 0 Å². The number of rotatable bonds is 7. The Balaban J connectivity index is 2.25. The smallest absolute Gasteiger partial charge is 0.269 e. The number of nitrogens with zero attached hydrogens (tertiary/aromatic N) is 1. The molecule has 0 saturated heterocycles. The van der Waals surface area contributed by atoms with Gasteiger partial charge >= 0.3 is 0 Å². The van der Waals surface area contributed by atoms with Crippen LogP contribution in [0.2, 0.25) is 0 Å². The molecular weight excluding hydrogens is 216 g/mol. The average molecular weight is 236 g/mol. The lowest BCUT2D eigenvalue weighted by molar-refractivity contribution is -0.384. The Bertz CT molecular complexity index is 347. The van der Waals surface area contributed by atoms with E-state index in [1.165, 1.54) is 6.42 Å². The molecule has 4 nitrogen and oxygen atoms in total. The highest BCUT2D eigenvalue weighted by Gasteiger charge is 2.03. The molecule has 0 spiro atoms. The molecule has 0 atom stereocenters. The molecule has 0 unspecified atom stereocenters. The third kappa shape index (κ3) is 5.45. The first kappa shape index (κ1) is 13.6. The second-order valence-corrected chi connectivity index (χ2v) is 4.61. The average Bonchev–Trinajstić information content (AvgIpc) is 2.29. The van der Waals surface area contributed by atoms with Crippen LogP contribution in [0.1, 0.15) is 25.8 Å². The molecule has 0 radical (unpaired) electrons. The van der Waals surface area contributed by atoms with Crippen LogP contribution in [0.4, 0.5) is 5.69 Å². The second-order valence-electron chi connectivity index (χ2n) is 4.61. The lowest BCUT2D eigenvalue weighted by Crippen LogP contribution is -2.19. The summed E-state index contributed by atoms with van der Waals surface area (Å²) in [5.41, 5.74) is 1.29. The van der Waals surface area contributed by atoms with Gasteiger partial charge in [-0.1, -0.05) is 26.0 Å². The van der Waals surface area contributed by atoms with Gasteiger partial charge in [-0.2, -0.15) is 0 Å². The van der Waals surface area contributed by atoms with Crippen molar-refractivity contribution in [3.63, 3.8) is 0 Å². The Morgan fingerprint density at radius 3 is 2.41 bits per heavy atom. The van der Waals surface area contributed by atoms with Crippen LogP contribution in [0.5, 0.6) is 0 Å². The Kier molecular flexibility index (Phi) is 5.63. The third-order valence-corrected chi connectivity index (χ3v) is 2.64. The molecule has 0 aliphatic heterocycles. The van der Waals surface area contributed by atoms with Crippen molar-refractivity contribution in [2.24, 2.45) is 5.92 Å². The number of benzene rings is 1. The van der Waals surface area contributed by atoms with Crippen molar-refractivity contribution in [2.45, 2.75) is 26.7 Å². The van der Waals surface area contributed by atoms with Crippen molar-refractivity contribution in [1.29, 1.82) is 0 Å². The molecule has 1 aromatic rings. The molecule has 0 amide bonds. The van der Waals surface area contributed by atoms with E-state index < -0.39 is 0 Å². The summed E-state index contributed by atoms with van der Waals surface area (Å²) in [5, 5.41) is 13.8. The van der Waals surface area contributed by atoms with E-state index in [1.807, 2.05) is 12.1 Å². The van der Waals surface area contributed by atoms with Crippen molar-refractivity contribution >= 4 is 5.69 Å². The van der Waals surface area contributed by atoms with Crippen LogP contribution in [0, 0.1) is 16.0 Å². The number of nitro groups is 1. The van der Waals surface area contributed by atoms with Crippen molar-refractivity contribution in [3.05, 3.63) is 39.9 Å². The molecule has 17 heavy (non-hydrogen) atoms. The fraction of sp³-hybridized carbons (Fsp3) is 0.538. The zero-order valence-electron chi connectivity index (χ0n) is 10.5. The number of non-ortho nitro benzene ring substituents is 1. The van der Waals surface area contributed by atoms with E-state index in [9.17, 15) is 10.1 Å². The number of hydrogen-bond acceptors (Lipinski definition) is 3. The summed E-state index contributed by atoms with van der Waals surface area (Å²) in [6, 6.07) is 6.76. The molecule has 1 N–H and O–H groups in total. The molecule has 0 aliphatic carbocycles. The van der Waals surface area contributed by atoms with Gasteiger partial charge in [0.25, 0.3) is 5.69 Å². The molecule has 4 heteroatoms. The Labute approximate surface area is 102 Å². The van der Waals surface area contributed by atoms with Gasteiger partial charge in [-0.25, -0.2) is 0 Å². The van der Waals surface area contributed by atoms with Gasteiger partial charge in [-0.05, 0) is 37.4 Å². The molecule has 0 saturated carbocycles. The van der Waals surface area contributed by atoms with Crippen LogP contribution in [0.15, 0.2) is 24.3 Å². The first-order valence-electron chi connectivity index (χ1n) is 6.03. The van der Waals surface area contributed by atoms with Gasteiger partial charge in [-0.3, -0.25) is 10.1 Å². The molecule has 1 aromatic carbocycles. The van der Waals surface area contributed by atoms with E-state index in [-0.39, 0.29) is 10.6 Å². The highest BCUT2D eigenvalue weighted by Crippen LogP contribution is 2.11. The minimum Gasteiger partial charge on any atom is -0.316 e. The lowest BCUT2D eigenvalue weighted by atomic mass is 10.1. The largest absolute Gasteiger partial charge is 0.316 e. The summed E-state index contributed by atoms with van der Waals surface area (Å²) < 4.78 is 0. The summed E-state index contributed by atoms with van der Waals surface area (Å²) in [7, 11) is 0. The Morgan fingerprint density at radius 1 is 1.24 bits per heavy atom. The van der Waals surface area contributed by atoms with Crippen LogP contribution < -0.4 is 5.32 Å². The molecule has 0 aliphatic rings. The van der Waals surface area contributed by atoms with Gasteiger partial charge in [0.2, 0.25) is 0 Å². The van der Waals surface area contributed by atoms with Gasteiger partial charge in [-0.15, -0.1) is 0 Å². The minimum absolute atomic E-state index is 0.154. The summed E-state index contributed by atoms with van der Waals surface area (Å²) >= 11 is 0. The highest BCUT2D eigenvalue weighted by molar-refractivity contribution is 5.32. The Hall–Kier alpha value is -1.42. The lowest BCUT2D eigenvalue weighted by Gasteiger charge is -2.06. The predicted molar refractivity (Wildman–Crippen MR) is 69.1 cm³/mol. The van der Waals surface area contributed by atoms with E-state index in [4.69, 9.17) is 0 Å². The van der Waals surface area contributed by atoms with Crippen LogP contribution in [-0.2, 0) is 6.42 Å². The van der Waals surface area contributed by atoms with Gasteiger partial charge < -0.3 is 5.32 Å². The van der Waals surface area contributed by atoms with Gasteiger partial charge in [0.05, 0.1) is 4.92 Å². The zero-order valence-corrected chi connectivity index (χ0v) is 10.5. The van der Waals surface area contributed by atoms with Crippen molar-refractivity contribution < 1.29 is 4.92 Å². The normalized spacial score (nSPS) is 10.8. The van der Waals surface area contributed by atoms with Crippen LogP contribution in [-0.4, -0.2) is 18.0 Å². The fourth-order valence-electron chi connectivity index (χ4n) is 1.53. The van der Waals surface area contributed by atoms with E-state index in [0.29, 0.717) is 0 Å². The molecule has 94 valence electrons. The quantitative estimate of drug-likeness (QED) is 0.450. The van der Waals surface area contributed by atoms with Crippen molar-refractivity contribution in [1.82, 2.24) is 5.32 Å². The standard InChI is InChI=1S/C13H20N2O2/c1-11(2)7-9-14-10-8-12-3-5-13(6-4-12)15(16)17/h3-6,11,14H,7-10H2,1-2H3. The van der Waals surface area contributed by atoms with Crippen LogP contribution >= 0.6 is 0 Å². The summed E-state index contributed by atoms with van der Waals surface area (Å²) in [5.74, 6) is 0.724. The molecule has 0 aromatic heterocycles. The molecular formula is C13H20N2O2. The molecule has 0 fully saturated rings. The Morgan fingerprint density at radius 2 is 1.88 bits per heavy atom. The predicted octanol–water partition coefficient (Wildman–Crippen LogP) is 2.77. The SMILES string of the molecule is CC(C)CCNCCc1ccc([N+](=O)[O-])cc1. The highest BCUT2D eigenvalue weighted by atomic mass is 16.6. The summed E-state index contributed by atoms with van der Waals surface area (Å²) in [4.78, 5) is 10.1. The molecule has 0 bridgehead atoms. The van der Waals surface area contributed by atoms with Crippen LogP contribution in [0.25, 0.3) is 0 Å².